The summed E-state index contributed by atoms with van der Waals surface area (Å²) in [5.41, 5.74) is 0. The zero-order valence-corrected chi connectivity index (χ0v) is 41.3. The average Bonchev–Trinajstić information content (AvgIpc) is 3.26. The molecule has 0 radical (unpaired) electrons. The molecule has 3 unspecified atom stereocenters. The van der Waals surface area contributed by atoms with E-state index in [9.17, 15) is 19.8 Å². The summed E-state index contributed by atoms with van der Waals surface area (Å²) in [7, 11) is 0. The fourth-order valence-electron chi connectivity index (χ4n) is 8.15. The van der Waals surface area contributed by atoms with Crippen molar-refractivity contribution >= 4 is 11.9 Å². The van der Waals surface area contributed by atoms with Gasteiger partial charge < -0.3 is 20.3 Å². The van der Waals surface area contributed by atoms with Crippen LogP contribution in [0.5, 0.6) is 0 Å². The molecule has 362 valence electrons. The Morgan fingerprint density at radius 3 is 1.27 bits per heavy atom. The highest BCUT2D eigenvalue weighted by atomic mass is 16.5. The van der Waals surface area contributed by atoms with Gasteiger partial charge in [-0.2, -0.15) is 0 Å². The Kier molecular flexibility index (Phi) is 48.1. The second-order valence-electron chi connectivity index (χ2n) is 18.4. The number of carbonyl (C=O) groups is 2. The molecule has 0 saturated heterocycles. The number of aliphatic hydroxyl groups is 2. The molecule has 0 aliphatic rings. The predicted octanol–water partition coefficient (Wildman–Crippen LogP) is 16.2. The molecule has 0 rings (SSSR count). The van der Waals surface area contributed by atoms with Crippen LogP contribution in [0.1, 0.15) is 271 Å². The van der Waals surface area contributed by atoms with Gasteiger partial charge in [0, 0.05) is 6.42 Å². The quantitative estimate of drug-likeness (QED) is 0.0322. The van der Waals surface area contributed by atoms with Crippen LogP contribution in [0.2, 0.25) is 0 Å². The standard InChI is InChI=1S/C56H103NO5/c1-4-7-10-13-16-19-22-25-26-27-28-29-31-34-37-40-43-46-49-56(61)62-52(47-44-41-38-35-32-30-23-20-17-14-11-8-5-2)50-55(60)57-53(51-58)54(59)48-45-42-39-36-33-24-21-18-15-12-9-6-3/h16,19,22,25-29,52-54,58-59H,4-15,17-18,20-21,23-24,30-51H2,1-3H3,(H,57,60)/b19-16+,25-22+,27-26+,29-28+. The molecule has 0 heterocycles. The van der Waals surface area contributed by atoms with Crippen LogP contribution in [0.15, 0.2) is 48.6 Å². The van der Waals surface area contributed by atoms with Gasteiger partial charge in [-0.05, 0) is 51.4 Å². The van der Waals surface area contributed by atoms with Gasteiger partial charge in [-0.1, -0.05) is 256 Å². The summed E-state index contributed by atoms with van der Waals surface area (Å²) >= 11 is 0. The summed E-state index contributed by atoms with van der Waals surface area (Å²) in [4.78, 5) is 26.2. The SMILES string of the molecule is CCCCC/C=C/C=C/C=C/C=C/CCCCCCCC(=O)OC(CCCCCCCCCCCCCCC)CC(=O)NC(CO)C(O)CCCCCCCCCCCCCC. The summed E-state index contributed by atoms with van der Waals surface area (Å²) in [5, 5.41) is 23.8. The largest absolute Gasteiger partial charge is 0.462 e. The summed E-state index contributed by atoms with van der Waals surface area (Å²) in [5.74, 6) is -0.490. The van der Waals surface area contributed by atoms with E-state index in [-0.39, 0.29) is 24.9 Å². The van der Waals surface area contributed by atoms with E-state index in [0.29, 0.717) is 19.3 Å². The molecule has 0 saturated carbocycles. The Morgan fingerprint density at radius 2 is 0.823 bits per heavy atom. The van der Waals surface area contributed by atoms with E-state index in [1.807, 2.05) is 0 Å². The fraction of sp³-hybridized carbons (Fsp3) is 0.821. The minimum atomic E-state index is -0.790. The number of nitrogens with one attached hydrogen (secondary N) is 1. The summed E-state index contributed by atoms with van der Waals surface area (Å²) in [6.45, 7) is 6.45. The first-order valence-corrected chi connectivity index (χ1v) is 26.9. The highest BCUT2D eigenvalue weighted by molar-refractivity contribution is 5.77. The molecular weight excluding hydrogens is 767 g/mol. The number of hydrogen-bond donors (Lipinski definition) is 3. The Labute approximate surface area is 385 Å². The van der Waals surface area contributed by atoms with E-state index >= 15 is 0 Å². The first-order chi connectivity index (χ1) is 30.5. The lowest BCUT2D eigenvalue weighted by atomic mass is 10.0. The van der Waals surface area contributed by atoms with Crippen LogP contribution >= 0.6 is 0 Å². The molecule has 1 amide bonds. The second-order valence-corrected chi connectivity index (χ2v) is 18.4. The molecule has 0 aromatic heterocycles. The number of aliphatic hydroxyl groups excluding tert-OH is 2. The van der Waals surface area contributed by atoms with Crippen LogP contribution in [0.4, 0.5) is 0 Å². The zero-order chi connectivity index (χ0) is 45.2. The Hall–Kier alpha value is -2.18. The van der Waals surface area contributed by atoms with E-state index in [4.69, 9.17) is 4.74 Å². The molecular formula is C56H103NO5. The smallest absolute Gasteiger partial charge is 0.306 e. The summed E-state index contributed by atoms with van der Waals surface area (Å²) in [6, 6.07) is -0.704. The molecule has 62 heavy (non-hydrogen) atoms. The van der Waals surface area contributed by atoms with Gasteiger partial charge in [0.05, 0.1) is 25.2 Å². The van der Waals surface area contributed by atoms with Crippen molar-refractivity contribution in [3.63, 3.8) is 0 Å². The number of allylic oxidation sites excluding steroid dienone is 8. The van der Waals surface area contributed by atoms with Crippen LogP contribution in [-0.4, -0.2) is 46.9 Å². The van der Waals surface area contributed by atoms with Crippen LogP contribution in [0, 0.1) is 0 Å². The second kappa shape index (κ2) is 49.8. The van der Waals surface area contributed by atoms with Crippen molar-refractivity contribution in [1.82, 2.24) is 5.32 Å². The van der Waals surface area contributed by atoms with Gasteiger partial charge in [0.2, 0.25) is 5.91 Å². The van der Waals surface area contributed by atoms with Crippen molar-refractivity contribution in [1.29, 1.82) is 0 Å². The third-order valence-electron chi connectivity index (χ3n) is 12.3. The molecule has 0 aliphatic heterocycles. The van der Waals surface area contributed by atoms with Gasteiger partial charge in [-0.25, -0.2) is 0 Å². The van der Waals surface area contributed by atoms with Gasteiger partial charge in [0.25, 0.3) is 0 Å². The van der Waals surface area contributed by atoms with Gasteiger partial charge >= 0.3 is 5.97 Å². The molecule has 0 spiro atoms. The molecule has 0 aromatic rings. The van der Waals surface area contributed by atoms with Crippen molar-refractivity contribution < 1.29 is 24.5 Å². The highest BCUT2D eigenvalue weighted by Crippen LogP contribution is 2.18. The molecule has 3 N–H and O–H groups in total. The van der Waals surface area contributed by atoms with E-state index < -0.39 is 18.2 Å². The van der Waals surface area contributed by atoms with Crippen LogP contribution in [0.3, 0.4) is 0 Å². The molecule has 3 atom stereocenters. The van der Waals surface area contributed by atoms with E-state index in [2.05, 4.69) is 74.7 Å². The van der Waals surface area contributed by atoms with E-state index in [1.54, 1.807) is 0 Å². The number of esters is 1. The van der Waals surface area contributed by atoms with Gasteiger partial charge in [-0.3, -0.25) is 9.59 Å². The lowest BCUT2D eigenvalue weighted by Crippen LogP contribution is -2.46. The Morgan fingerprint density at radius 1 is 0.468 bits per heavy atom. The van der Waals surface area contributed by atoms with E-state index in [0.717, 1.165) is 77.0 Å². The predicted molar refractivity (Wildman–Crippen MR) is 269 cm³/mol. The topological polar surface area (TPSA) is 95.9 Å². The highest BCUT2D eigenvalue weighted by Gasteiger charge is 2.24. The fourth-order valence-corrected chi connectivity index (χ4v) is 8.15. The van der Waals surface area contributed by atoms with Crippen LogP contribution < -0.4 is 5.32 Å². The molecule has 6 nitrogen and oxygen atoms in total. The number of carbonyl (C=O) groups excluding carboxylic acids is 2. The Balaban J connectivity index is 4.59. The lowest BCUT2D eigenvalue weighted by Gasteiger charge is -2.24. The number of hydrogen-bond acceptors (Lipinski definition) is 5. The maximum Gasteiger partial charge on any atom is 0.306 e. The zero-order valence-electron chi connectivity index (χ0n) is 41.3. The van der Waals surface area contributed by atoms with Crippen molar-refractivity contribution in [3.8, 4) is 0 Å². The Bertz CT molecular complexity index is 1070. The van der Waals surface area contributed by atoms with Crippen molar-refractivity contribution in [3.05, 3.63) is 48.6 Å². The van der Waals surface area contributed by atoms with Gasteiger partial charge in [-0.15, -0.1) is 0 Å². The summed E-state index contributed by atoms with van der Waals surface area (Å²) < 4.78 is 5.94. The van der Waals surface area contributed by atoms with Crippen molar-refractivity contribution in [2.75, 3.05) is 6.61 Å². The normalized spacial score (nSPS) is 13.6. The van der Waals surface area contributed by atoms with Crippen molar-refractivity contribution in [2.24, 2.45) is 0 Å². The van der Waals surface area contributed by atoms with Crippen molar-refractivity contribution in [2.45, 2.75) is 289 Å². The van der Waals surface area contributed by atoms with Gasteiger partial charge in [0.1, 0.15) is 6.10 Å². The molecule has 0 fully saturated rings. The number of amides is 1. The molecule has 0 aliphatic carbocycles. The monoisotopic (exact) mass is 870 g/mol. The first-order valence-electron chi connectivity index (χ1n) is 26.9. The third kappa shape index (κ3) is 44.4. The average molecular weight is 870 g/mol. The molecule has 0 aromatic carbocycles. The van der Waals surface area contributed by atoms with Crippen LogP contribution in [-0.2, 0) is 14.3 Å². The maximum absolute atomic E-state index is 13.2. The minimum Gasteiger partial charge on any atom is -0.462 e. The minimum absolute atomic E-state index is 0.0704. The first kappa shape index (κ1) is 59.8. The number of ether oxygens (including phenoxy) is 1. The van der Waals surface area contributed by atoms with Crippen LogP contribution in [0.25, 0.3) is 0 Å². The maximum atomic E-state index is 13.2. The number of rotatable bonds is 48. The van der Waals surface area contributed by atoms with E-state index in [1.165, 1.54) is 148 Å². The third-order valence-corrected chi connectivity index (χ3v) is 12.3. The number of unbranched alkanes of at least 4 members (excludes halogenated alkanes) is 31. The molecule has 6 heteroatoms. The summed E-state index contributed by atoms with van der Waals surface area (Å²) in [6.07, 6.45) is 60.2. The van der Waals surface area contributed by atoms with Gasteiger partial charge in [0.15, 0.2) is 0 Å². The molecule has 0 bridgehead atoms. The lowest BCUT2D eigenvalue weighted by molar-refractivity contribution is -0.151.